The number of ketones is 2. The third-order valence-electron chi connectivity index (χ3n) is 2.92. The second-order valence-electron chi connectivity index (χ2n) is 4.68. The van der Waals surface area contributed by atoms with Crippen LogP contribution < -0.4 is 0 Å². The minimum absolute atomic E-state index is 0.0717. The molecule has 0 saturated heterocycles. The molecule has 0 radical (unpaired) electrons. The van der Waals surface area contributed by atoms with Crippen molar-refractivity contribution in [1.82, 2.24) is 10.1 Å². The van der Waals surface area contributed by atoms with Crippen LogP contribution in [0.15, 0.2) is 28.8 Å². The summed E-state index contributed by atoms with van der Waals surface area (Å²) < 4.78 is 65.2. The SMILES string of the molecule is O=C(CCC(F)F)C(=O)c1ccc(-c2noc(C(F)(F)F)n2)cc1. The van der Waals surface area contributed by atoms with Gasteiger partial charge >= 0.3 is 12.1 Å². The predicted molar refractivity (Wildman–Crippen MR) is 69.3 cm³/mol. The van der Waals surface area contributed by atoms with Gasteiger partial charge in [0, 0.05) is 24.0 Å². The van der Waals surface area contributed by atoms with Crippen molar-refractivity contribution < 1.29 is 36.1 Å². The van der Waals surface area contributed by atoms with Gasteiger partial charge in [0.2, 0.25) is 23.8 Å². The highest BCUT2D eigenvalue weighted by Crippen LogP contribution is 2.29. The molecule has 0 aliphatic carbocycles. The van der Waals surface area contributed by atoms with Gasteiger partial charge in [0.05, 0.1) is 0 Å². The van der Waals surface area contributed by atoms with Crippen LogP contribution in [0, 0.1) is 0 Å². The molecule has 0 atom stereocenters. The Balaban J connectivity index is 2.11. The molecule has 0 spiro atoms. The highest BCUT2D eigenvalue weighted by molar-refractivity contribution is 6.43. The number of rotatable bonds is 6. The van der Waals surface area contributed by atoms with E-state index in [1.54, 1.807) is 0 Å². The Morgan fingerprint density at radius 1 is 1.12 bits per heavy atom. The normalized spacial score (nSPS) is 11.8. The van der Waals surface area contributed by atoms with E-state index in [0.29, 0.717) is 0 Å². The summed E-state index contributed by atoms with van der Waals surface area (Å²) in [5, 5.41) is 3.17. The lowest BCUT2D eigenvalue weighted by Crippen LogP contribution is -2.15. The summed E-state index contributed by atoms with van der Waals surface area (Å²) in [7, 11) is 0. The van der Waals surface area contributed by atoms with Crippen molar-refractivity contribution in [3.05, 3.63) is 35.7 Å². The molecule has 5 nitrogen and oxygen atoms in total. The summed E-state index contributed by atoms with van der Waals surface area (Å²) in [6.07, 6.45) is -8.77. The number of halogens is 5. The first-order valence-corrected chi connectivity index (χ1v) is 6.55. The molecule has 0 amide bonds. The second kappa shape index (κ2) is 6.85. The van der Waals surface area contributed by atoms with E-state index in [0.717, 1.165) is 0 Å². The number of alkyl halides is 5. The van der Waals surface area contributed by atoms with Crippen molar-refractivity contribution in [1.29, 1.82) is 0 Å². The Labute approximate surface area is 131 Å². The minimum atomic E-state index is -4.78. The highest BCUT2D eigenvalue weighted by Gasteiger charge is 2.38. The minimum Gasteiger partial charge on any atom is -0.329 e. The summed E-state index contributed by atoms with van der Waals surface area (Å²) in [4.78, 5) is 26.4. The molecular formula is C14H9F5N2O3. The molecule has 0 aliphatic rings. The van der Waals surface area contributed by atoms with Gasteiger partial charge in [0.15, 0.2) is 0 Å². The van der Waals surface area contributed by atoms with E-state index in [1.807, 2.05) is 0 Å². The molecule has 10 heteroatoms. The van der Waals surface area contributed by atoms with E-state index in [1.165, 1.54) is 24.3 Å². The van der Waals surface area contributed by atoms with Crippen molar-refractivity contribution >= 4 is 11.6 Å². The van der Waals surface area contributed by atoms with Crippen LogP contribution in [0.3, 0.4) is 0 Å². The van der Waals surface area contributed by atoms with Crippen LogP contribution in [0.25, 0.3) is 11.4 Å². The molecule has 1 aromatic heterocycles. The van der Waals surface area contributed by atoms with Crippen molar-refractivity contribution in [3.8, 4) is 11.4 Å². The molecule has 2 rings (SSSR count). The molecule has 0 aliphatic heterocycles. The maximum atomic E-state index is 12.4. The third-order valence-corrected chi connectivity index (χ3v) is 2.92. The molecule has 24 heavy (non-hydrogen) atoms. The van der Waals surface area contributed by atoms with E-state index in [4.69, 9.17) is 0 Å². The lowest BCUT2D eigenvalue weighted by atomic mass is 10.0. The molecule has 0 saturated carbocycles. The van der Waals surface area contributed by atoms with Crippen LogP contribution in [0.5, 0.6) is 0 Å². The fourth-order valence-corrected chi connectivity index (χ4v) is 1.74. The van der Waals surface area contributed by atoms with E-state index >= 15 is 0 Å². The lowest BCUT2D eigenvalue weighted by Gasteiger charge is -2.01. The largest absolute Gasteiger partial charge is 0.471 e. The molecule has 0 N–H and O–H groups in total. The summed E-state index contributed by atoms with van der Waals surface area (Å²) in [6, 6.07) is 4.78. The molecule has 0 bridgehead atoms. The molecular weight excluding hydrogens is 339 g/mol. The molecule has 1 heterocycles. The van der Waals surface area contributed by atoms with Crippen LogP contribution in [0.1, 0.15) is 29.1 Å². The van der Waals surface area contributed by atoms with E-state index < -0.39 is 42.9 Å². The van der Waals surface area contributed by atoms with Crippen molar-refractivity contribution in [2.45, 2.75) is 25.4 Å². The van der Waals surface area contributed by atoms with Crippen LogP contribution >= 0.6 is 0 Å². The molecule has 2 aromatic rings. The number of aromatic nitrogens is 2. The quantitative estimate of drug-likeness (QED) is 0.453. The number of carbonyl (C=O) groups is 2. The van der Waals surface area contributed by atoms with Gasteiger partial charge in [-0.3, -0.25) is 9.59 Å². The number of carbonyl (C=O) groups excluding carboxylic acids is 2. The topological polar surface area (TPSA) is 73.1 Å². The number of Topliss-reactive ketones (excluding diaryl/α,β-unsaturated/α-hetero) is 2. The monoisotopic (exact) mass is 348 g/mol. The first-order valence-electron chi connectivity index (χ1n) is 6.55. The Morgan fingerprint density at radius 2 is 1.75 bits per heavy atom. The fourth-order valence-electron chi connectivity index (χ4n) is 1.74. The second-order valence-corrected chi connectivity index (χ2v) is 4.68. The van der Waals surface area contributed by atoms with Crippen molar-refractivity contribution in [2.75, 3.05) is 0 Å². The van der Waals surface area contributed by atoms with E-state index in [9.17, 15) is 31.5 Å². The maximum absolute atomic E-state index is 12.4. The summed E-state index contributed by atoms with van der Waals surface area (Å²) in [5.74, 6) is -3.78. The summed E-state index contributed by atoms with van der Waals surface area (Å²) >= 11 is 0. The lowest BCUT2D eigenvalue weighted by molar-refractivity contribution is -0.159. The summed E-state index contributed by atoms with van der Waals surface area (Å²) in [5.41, 5.74) is 0.0587. The number of hydrogen-bond donors (Lipinski definition) is 0. The van der Waals surface area contributed by atoms with Crippen LogP contribution in [0.2, 0.25) is 0 Å². The first-order chi connectivity index (χ1) is 11.2. The highest BCUT2D eigenvalue weighted by atomic mass is 19.4. The van der Waals surface area contributed by atoms with Gasteiger partial charge in [-0.05, 0) is 0 Å². The summed E-state index contributed by atoms with van der Waals surface area (Å²) in [6.45, 7) is 0. The van der Waals surface area contributed by atoms with Crippen molar-refractivity contribution in [3.63, 3.8) is 0 Å². The average molecular weight is 348 g/mol. The zero-order valence-corrected chi connectivity index (χ0v) is 11.8. The zero-order chi connectivity index (χ0) is 17.9. The Bertz CT molecular complexity index is 738. The standard InChI is InChI=1S/C14H9F5N2O3/c15-10(16)6-5-9(22)11(23)7-1-3-8(4-2-7)12-20-13(24-21-12)14(17,18)19/h1-4,10H,5-6H2. The van der Waals surface area contributed by atoms with E-state index in [-0.39, 0.29) is 17.0 Å². The predicted octanol–water partition coefficient (Wildman–Crippen LogP) is 3.55. The number of benzene rings is 1. The Kier molecular flexibility index (Phi) is 5.05. The van der Waals surface area contributed by atoms with Gasteiger partial charge in [-0.1, -0.05) is 29.4 Å². The van der Waals surface area contributed by atoms with Crippen LogP contribution in [0.4, 0.5) is 22.0 Å². The average Bonchev–Trinajstić information content (AvgIpc) is 3.02. The first kappa shape index (κ1) is 17.7. The number of nitrogens with zero attached hydrogens (tertiary/aromatic N) is 2. The Morgan fingerprint density at radius 3 is 2.25 bits per heavy atom. The zero-order valence-electron chi connectivity index (χ0n) is 11.8. The van der Waals surface area contributed by atoms with Crippen LogP contribution in [-0.4, -0.2) is 28.1 Å². The van der Waals surface area contributed by atoms with Gasteiger partial charge in [-0.25, -0.2) is 8.78 Å². The van der Waals surface area contributed by atoms with Gasteiger partial charge < -0.3 is 4.52 Å². The van der Waals surface area contributed by atoms with Gasteiger partial charge in [-0.2, -0.15) is 18.2 Å². The van der Waals surface area contributed by atoms with E-state index in [2.05, 4.69) is 14.7 Å². The van der Waals surface area contributed by atoms with Gasteiger partial charge in [0.1, 0.15) is 0 Å². The Hall–Kier alpha value is -2.65. The smallest absolute Gasteiger partial charge is 0.329 e. The van der Waals surface area contributed by atoms with Gasteiger partial charge in [0.25, 0.3) is 0 Å². The molecule has 128 valence electrons. The van der Waals surface area contributed by atoms with Crippen molar-refractivity contribution in [2.24, 2.45) is 0 Å². The maximum Gasteiger partial charge on any atom is 0.471 e. The molecule has 0 fully saturated rings. The fraction of sp³-hybridized carbons (Fsp3) is 0.286. The molecule has 0 unspecified atom stereocenters. The number of hydrogen-bond acceptors (Lipinski definition) is 5. The van der Waals surface area contributed by atoms with Gasteiger partial charge in [-0.15, -0.1) is 0 Å². The van der Waals surface area contributed by atoms with Crippen LogP contribution in [-0.2, 0) is 11.0 Å². The molecule has 1 aromatic carbocycles. The third kappa shape index (κ3) is 4.21.